The SMILES string of the molecule is C#CCOc1ccc(F)cc1NC(=O)CCn1c(C)c(C)sc1=O. The first kappa shape index (κ1) is 17.8. The van der Waals surface area contributed by atoms with E-state index in [2.05, 4.69) is 11.2 Å². The number of anilines is 1. The Labute approximate surface area is 143 Å². The number of benzene rings is 1. The molecule has 0 bridgehead atoms. The average Bonchev–Trinajstić information content (AvgIpc) is 2.77. The minimum atomic E-state index is -0.501. The average molecular weight is 348 g/mol. The molecule has 24 heavy (non-hydrogen) atoms. The summed E-state index contributed by atoms with van der Waals surface area (Å²) >= 11 is 1.15. The lowest BCUT2D eigenvalue weighted by molar-refractivity contribution is -0.116. The molecule has 0 spiro atoms. The minimum Gasteiger partial charge on any atom is -0.479 e. The van der Waals surface area contributed by atoms with Crippen LogP contribution in [-0.4, -0.2) is 17.1 Å². The second-order valence-corrected chi connectivity index (χ2v) is 6.26. The molecule has 0 fully saturated rings. The summed E-state index contributed by atoms with van der Waals surface area (Å²) in [5, 5.41) is 2.59. The van der Waals surface area contributed by atoms with Crippen LogP contribution in [0.1, 0.15) is 17.0 Å². The van der Waals surface area contributed by atoms with Gasteiger partial charge in [0.2, 0.25) is 5.91 Å². The zero-order valence-corrected chi connectivity index (χ0v) is 14.2. The summed E-state index contributed by atoms with van der Waals surface area (Å²) in [6.45, 7) is 3.97. The second kappa shape index (κ2) is 7.79. The molecule has 5 nitrogen and oxygen atoms in total. The summed E-state index contributed by atoms with van der Waals surface area (Å²) in [6, 6.07) is 3.79. The minimum absolute atomic E-state index is 0.0112. The van der Waals surface area contributed by atoms with E-state index in [-0.39, 0.29) is 36.0 Å². The van der Waals surface area contributed by atoms with Crippen molar-refractivity contribution in [3.8, 4) is 18.1 Å². The molecule has 1 aromatic heterocycles. The molecule has 0 atom stereocenters. The number of ether oxygens (including phenoxy) is 1. The molecule has 0 saturated carbocycles. The van der Waals surface area contributed by atoms with E-state index in [4.69, 9.17) is 11.2 Å². The number of aryl methyl sites for hydroxylation is 1. The van der Waals surface area contributed by atoms with Gasteiger partial charge in [-0.15, -0.1) is 6.42 Å². The van der Waals surface area contributed by atoms with Crippen LogP contribution in [0.5, 0.6) is 5.75 Å². The maximum Gasteiger partial charge on any atom is 0.307 e. The van der Waals surface area contributed by atoms with E-state index >= 15 is 0 Å². The van der Waals surface area contributed by atoms with Crippen LogP contribution >= 0.6 is 11.3 Å². The first-order chi connectivity index (χ1) is 11.4. The van der Waals surface area contributed by atoms with Crippen molar-refractivity contribution in [1.82, 2.24) is 4.57 Å². The predicted molar refractivity (Wildman–Crippen MR) is 92.0 cm³/mol. The topological polar surface area (TPSA) is 60.3 Å². The van der Waals surface area contributed by atoms with E-state index in [0.29, 0.717) is 5.75 Å². The van der Waals surface area contributed by atoms with Gasteiger partial charge in [-0.3, -0.25) is 9.59 Å². The van der Waals surface area contributed by atoms with Gasteiger partial charge >= 0.3 is 4.87 Å². The van der Waals surface area contributed by atoms with E-state index in [0.717, 1.165) is 28.0 Å². The van der Waals surface area contributed by atoms with Gasteiger partial charge in [-0.05, 0) is 26.0 Å². The number of nitrogens with zero attached hydrogens (tertiary/aromatic N) is 1. The van der Waals surface area contributed by atoms with E-state index in [1.165, 1.54) is 12.1 Å². The number of hydrogen-bond donors (Lipinski definition) is 1. The number of carbonyl (C=O) groups is 1. The van der Waals surface area contributed by atoms with Crippen molar-refractivity contribution in [2.24, 2.45) is 0 Å². The molecule has 2 aromatic rings. The quantitative estimate of drug-likeness (QED) is 0.817. The highest BCUT2D eigenvalue weighted by molar-refractivity contribution is 7.09. The van der Waals surface area contributed by atoms with E-state index in [9.17, 15) is 14.0 Å². The lowest BCUT2D eigenvalue weighted by atomic mass is 10.2. The number of hydrogen-bond acceptors (Lipinski definition) is 4. The third-order valence-electron chi connectivity index (χ3n) is 3.46. The molecular formula is C17H17FN2O3S. The Morgan fingerprint density at radius 1 is 1.46 bits per heavy atom. The van der Waals surface area contributed by atoms with Crippen molar-refractivity contribution in [2.75, 3.05) is 11.9 Å². The highest BCUT2D eigenvalue weighted by Gasteiger charge is 2.12. The van der Waals surface area contributed by atoms with Gasteiger partial charge in [0.25, 0.3) is 0 Å². The van der Waals surface area contributed by atoms with Crippen LogP contribution in [0.4, 0.5) is 10.1 Å². The summed E-state index contributed by atoms with van der Waals surface area (Å²) in [7, 11) is 0. The van der Waals surface area contributed by atoms with Crippen LogP contribution in [0, 0.1) is 32.0 Å². The van der Waals surface area contributed by atoms with Gasteiger partial charge in [0.1, 0.15) is 18.2 Å². The highest BCUT2D eigenvalue weighted by atomic mass is 32.1. The standard InChI is InChI=1S/C17H17FN2O3S/c1-4-9-23-15-6-5-13(18)10-14(15)19-16(21)7-8-20-11(2)12(3)24-17(20)22/h1,5-6,10H,7-9H2,2-3H3,(H,19,21). The highest BCUT2D eigenvalue weighted by Crippen LogP contribution is 2.25. The van der Waals surface area contributed by atoms with Gasteiger partial charge in [0.05, 0.1) is 5.69 Å². The molecule has 2 rings (SSSR count). The maximum absolute atomic E-state index is 13.4. The summed E-state index contributed by atoms with van der Waals surface area (Å²) in [5.41, 5.74) is 1.06. The Bertz CT molecular complexity index is 848. The van der Waals surface area contributed by atoms with Gasteiger partial charge in [0.15, 0.2) is 0 Å². The van der Waals surface area contributed by atoms with E-state index in [1.807, 2.05) is 13.8 Å². The Kier molecular flexibility index (Phi) is 5.77. The molecular weight excluding hydrogens is 331 g/mol. The van der Waals surface area contributed by atoms with Crippen LogP contribution in [0.2, 0.25) is 0 Å². The van der Waals surface area contributed by atoms with Crippen molar-refractivity contribution in [3.63, 3.8) is 0 Å². The molecule has 0 unspecified atom stereocenters. The van der Waals surface area contributed by atoms with Crippen molar-refractivity contribution < 1.29 is 13.9 Å². The molecule has 0 aliphatic carbocycles. The Morgan fingerprint density at radius 3 is 2.83 bits per heavy atom. The van der Waals surface area contributed by atoms with Crippen LogP contribution in [-0.2, 0) is 11.3 Å². The monoisotopic (exact) mass is 348 g/mol. The normalized spacial score (nSPS) is 10.2. The lowest BCUT2D eigenvalue weighted by Crippen LogP contribution is -2.20. The molecule has 0 aliphatic rings. The van der Waals surface area contributed by atoms with Gasteiger partial charge < -0.3 is 14.6 Å². The number of nitrogens with one attached hydrogen (secondary N) is 1. The molecule has 1 heterocycles. The Hall–Kier alpha value is -2.59. The van der Waals surface area contributed by atoms with Crippen molar-refractivity contribution in [3.05, 3.63) is 44.3 Å². The fourth-order valence-corrected chi connectivity index (χ4v) is 2.98. The van der Waals surface area contributed by atoms with Gasteiger partial charge in [-0.25, -0.2) is 4.39 Å². The Morgan fingerprint density at radius 2 is 2.21 bits per heavy atom. The molecule has 0 aliphatic heterocycles. The Balaban J connectivity index is 2.06. The summed E-state index contributed by atoms with van der Waals surface area (Å²) < 4.78 is 20.2. The van der Waals surface area contributed by atoms with Crippen molar-refractivity contribution in [2.45, 2.75) is 26.8 Å². The number of rotatable bonds is 6. The zero-order chi connectivity index (χ0) is 17.7. The van der Waals surface area contributed by atoms with Gasteiger partial charge in [-0.2, -0.15) is 0 Å². The van der Waals surface area contributed by atoms with Gasteiger partial charge in [0, 0.05) is 29.6 Å². The number of aromatic nitrogens is 1. The summed E-state index contributed by atoms with van der Waals surface area (Å²) in [4.78, 5) is 24.8. The first-order valence-corrected chi connectivity index (χ1v) is 8.06. The maximum atomic E-state index is 13.4. The predicted octanol–water partition coefficient (Wildman–Crippen LogP) is 2.71. The molecule has 1 N–H and O–H groups in total. The van der Waals surface area contributed by atoms with E-state index in [1.54, 1.807) is 4.57 Å². The molecule has 7 heteroatoms. The number of thiazole rings is 1. The number of halogens is 1. The fourth-order valence-electron chi connectivity index (χ4n) is 2.12. The molecule has 1 amide bonds. The summed E-state index contributed by atoms with van der Waals surface area (Å²) in [6.07, 6.45) is 5.22. The zero-order valence-electron chi connectivity index (χ0n) is 13.4. The third kappa shape index (κ3) is 4.24. The summed E-state index contributed by atoms with van der Waals surface area (Å²) in [5.74, 6) is 1.75. The number of terminal acetylenes is 1. The molecule has 0 saturated heterocycles. The fraction of sp³-hybridized carbons (Fsp3) is 0.294. The van der Waals surface area contributed by atoms with Crippen molar-refractivity contribution >= 4 is 22.9 Å². The number of carbonyl (C=O) groups excluding carboxylic acids is 1. The molecule has 126 valence electrons. The largest absolute Gasteiger partial charge is 0.479 e. The van der Waals surface area contributed by atoms with Crippen LogP contribution in [0.15, 0.2) is 23.0 Å². The molecule has 1 aromatic carbocycles. The second-order valence-electron chi connectivity index (χ2n) is 5.09. The van der Waals surface area contributed by atoms with Crippen LogP contribution in [0.25, 0.3) is 0 Å². The van der Waals surface area contributed by atoms with Gasteiger partial charge in [-0.1, -0.05) is 17.3 Å². The number of amides is 1. The van der Waals surface area contributed by atoms with E-state index < -0.39 is 5.82 Å². The lowest BCUT2D eigenvalue weighted by Gasteiger charge is -2.11. The van der Waals surface area contributed by atoms with Crippen molar-refractivity contribution in [1.29, 1.82) is 0 Å². The van der Waals surface area contributed by atoms with Crippen LogP contribution in [0.3, 0.4) is 0 Å². The smallest absolute Gasteiger partial charge is 0.307 e. The molecule has 0 radical (unpaired) electrons. The third-order valence-corrected chi connectivity index (χ3v) is 4.46. The first-order valence-electron chi connectivity index (χ1n) is 7.25. The van der Waals surface area contributed by atoms with Crippen LogP contribution < -0.4 is 14.9 Å².